The number of ether oxygens (including phenoxy) is 1. The molecule has 2 fully saturated rings. The van der Waals surface area contributed by atoms with Crippen molar-refractivity contribution in [2.75, 3.05) is 38.2 Å². The highest BCUT2D eigenvalue weighted by Crippen LogP contribution is 2.42. The van der Waals surface area contributed by atoms with E-state index in [2.05, 4.69) is 21.0 Å². The van der Waals surface area contributed by atoms with Crippen LogP contribution in [0.25, 0.3) is 10.8 Å². The lowest BCUT2D eigenvalue weighted by Crippen LogP contribution is -2.49. The summed E-state index contributed by atoms with van der Waals surface area (Å²) < 4.78 is 6.74. The van der Waals surface area contributed by atoms with Gasteiger partial charge in [-0.05, 0) is 36.5 Å². The average Bonchev–Trinajstić information content (AvgIpc) is 3.66. The fraction of sp³-hybridized carbons (Fsp3) is 0.391. The Hall–Kier alpha value is -3.42. The zero-order valence-corrected chi connectivity index (χ0v) is 17.7. The highest BCUT2D eigenvalue weighted by atomic mass is 16.5. The lowest BCUT2D eigenvalue weighted by atomic mass is 10.1. The fourth-order valence-corrected chi connectivity index (χ4v) is 4.24. The van der Waals surface area contributed by atoms with Gasteiger partial charge in [0.25, 0.3) is 11.5 Å². The Labute approximate surface area is 180 Å². The molecule has 2 aliphatic rings. The Kier molecular flexibility index (Phi) is 4.84. The first-order valence-electron chi connectivity index (χ1n) is 10.6. The van der Waals surface area contributed by atoms with E-state index in [4.69, 9.17) is 4.74 Å². The lowest BCUT2D eigenvalue weighted by molar-refractivity contribution is 0.0740. The van der Waals surface area contributed by atoms with Crippen molar-refractivity contribution in [3.63, 3.8) is 0 Å². The molecule has 5 rings (SSSR count). The average molecular weight is 419 g/mol. The van der Waals surface area contributed by atoms with Gasteiger partial charge < -0.3 is 14.5 Å². The molecule has 0 bridgehead atoms. The van der Waals surface area contributed by atoms with Crippen LogP contribution >= 0.6 is 0 Å². The molecule has 8 nitrogen and oxygen atoms in total. The summed E-state index contributed by atoms with van der Waals surface area (Å²) in [5.74, 6) is 1.09. The summed E-state index contributed by atoms with van der Waals surface area (Å²) in [7, 11) is 3.22. The summed E-state index contributed by atoms with van der Waals surface area (Å²) in [6.45, 7) is 2.49. The zero-order chi connectivity index (χ0) is 21.5. The third-order valence-electron chi connectivity index (χ3n) is 6.16. The molecule has 1 amide bonds. The number of rotatable bonds is 4. The number of benzene rings is 1. The number of fused-ring (bicyclic) bond motifs is 1. The van der Waals surface area contributed by atoms with Gasteiger partial charge in [0.1, 0.15) is 5.69 Å². The summed E-state index contributed by atoms with van der Waals surface area (Å²) in [6.07, 6.45) is 4.35. The third-order valence-corrected chi connectivity index (χ3v) is 6.16. The highest BCUT2D eigenvalue weighted by Gasteiger charge is 2.29. The predicted molar refractivity (Wildman–Crippen MR) is 118 cm³/mol. The largest absolute Gasteiger partial charge is 0.480 e. The van der Waals surface area contributed by atoms with Crippen LogP contribution in [0.2, 0.25) is 0 Å². The van der Waals surface area contributed by atoms with Gasteiger partial charge in [-0.25, -0.2) is 9.67 Å². The van der Waals surface area contributed by atoms with E-state index in [9.17, 15) is 9.59 Å². The molecule has 160 valence electrons. The molecule has 1 aromatic carbocycles. The second-order valence-corrected chi connectivity index (χ2v) is 8.17. The molecule has 1 saturated heterocycles. The molecule has 3 aromatic rings. The van der Waals surface area contributed by atoms with Gasteiger partial charge in [0.2, 0.25) is 5.88 Å². The Morgan fingerprint density at radius 1 is 1.10 bits per heavy atom. The first-order chi connectivity index (χ1) is 15.1. The number of aryl methyl sites for hydroxylation is 1. The number of nitrogens with zero attached hydrogens (tertiary/aromatic N) is 5. The van der Waals surface area contributed by atoms with Gasteiger partial charge in [-0.15, -0.1) is 0 Å². The fourth-order valence-electron chi connectivity index (χ4n) is 4.24. The van der Waals surface area contributed by atoms with Gasteiger partial charge in [0.05, 0.1) is 12.5 Å². The standard InChI is InChI=1S/C23H25N5O3/c1-26-22(29)18-6-4-3-5-17(18)20(25-26)23(30)28-11-9-27(10-12-28)19-13-16(15-7-8-15)14-24-21(19)31-2/h3-6,13-15H,7-12H2,1-2H3. The Morgan fingerprint density at radius 2 is 1.81 bits per heavy atom. The quantitative estimate of drug-likeness (QED) is 0.645. The lowest BCUT2D eigenvalue weighted by Gasteiger charge is -2.36. The van der Waals surface area contributed by atoms with E-state index in [0.29, 0.717) is 54.4 Å². The maximum absolute atomic E-state index is 13.3. The Bertz CT molecular complexity index is 1210. The number of aromatic nitrogens is 3. The molecule has 0 radical (unpaired) electrons. The SMILES string of the molecule is COc1ncc(C2CC2)cc1N1CCN(C(=O)c2nn(C)c(=O)c3ccccc23)CC1. The van der Waals surface area contributed by atoms with Crippen molar-refractivity contribution < 1.29 is 9.53 Å². The van der Waals surface area contributed by atoms with Gasteiger partial charge in [0.15, 0.2) is 5.69 Å². The van der Waals surface area contributed by atoms with Crippen molar-refractivity contribution in [1.82, 2.24) is 19.7 Å². The van der Waals surface area contributed by atoms with E-state index in [1.807, 2.05) is 12.3 Å². The molecule has 1 aliphatic heterocycles. The second kappa shape index (κ2) is 7.68. The third kappa shape index (κ3) is 3.52. The Balaban J connectivity index is 1.38. The number of carbonyl (C=O) groups is 1. The summed E-state index contributed by atoms with van der Waals surface area (Å²) in [5.41, 5.74) is 2.37. The van der Waals surface area contributed by atoms with E-state index >= 15 is 0 Å². The van der Waals surface area contributed by atoms with Gasteiger partial charge in [-0.2, -0.15) is 5.10 Å². The molecule has 1 saturated carbocycles. The number of carbonyl (C=O) groups excluding carboxylic acids is 1. The van der Waals surface area contributed by atoms with Crippen molar-refractivity contribution in [3.8, 4) is 5.88 Å². The summed E-state index contributed by atoms with van der Waals surface area (Å²) in [4.78, 5) is 34.2. The van der Waals surface area contributed by atoms with Crippen molar-refractivity contribution in [3.05, 3.63) is 58.1 Å². The van der Waals surface area contributed by atoms with Crippen molar-refractivity contribution in [2.24, 2.45) is 7.05 Å². The topological polar surface area (TPSA) is 80.6 Å². The van der Waals surface area contributed by atoms with Crippen LogP contribution in [0.15, 0.2) is 41.3 Å². The van der Waals surface area contributed by atoms with Crippen molar-refractivity contribution in [1.29, 1.82) is 0 Å². The molecular weight excluding hydrogens is 394 g/mol. The minimum Gasteiger partial charge on any atom is -0.480 e. The van der Waals surface area contributed by atoms with Crippen LogP contribution < -0.4 is 15.2 Å². The smallest absolute Gasteiger partial charge is 0.275 e. The summed E-state index contributed by atoms with van der Waals surface area (Å²) in [5, 5.41) is 5.40. The predicted octanol–water partition coefficient (Wildman–Crippen LogP) is 2.18. The highest BCUT2D eigenvalue weighted by molar-refractivity contribution is 6.04. The van der Waals surface area contributed by atoms with Gasteiger partial charge in [-0.1, -0.05) is 18.2 Å². The first kappa shape index (κ1) is 19.5. The number of piperazine rings is 1. The van der Waals surface area contributed by atoms with Crippen molar-refractivity contribution >= 4 is 22.4 Å². The molecular formula is C23H25N5O3. The maximum Gasteiger partial charge on any atom is 0.275 e. The monoisotopic (exact) mass is 419 g/mol. The molecule has 8 heteroatoms. The van der Waals surface area contributed by atoms with E-state index in [1.165, 1.54) is 23.1 Å². The van der Waals surface area contributed by atoms with E-state index in [1.54, 1.807) is 37.3 Å². The van der Waals surface area contributed by atoms with Crippen LogP contribution in [0.3, 0.4) is 0 Å². The molecule has 0 atom stereocenters. The number of hydrogen-bond acceptors (Lipinski definition) is 6. The summed E-state index contributed by atoms with van der Waals surface area (Å²) >= 11 is 0. The maximum atomic E-state index is 13.3. The molecule has 0 unspecified atom stereocenters. The molecule has 0 spiro atoms. The molecule has 0 N–H and O–H groups in total. The molecule has 1 aliphatic carbocycles. The molecule has 31 heavy (non-hydrogen) atoms. The van der Waals surface area contributed by atoms with E-state index in [-0.39, 0.29) is 11.5 Å². The number of methoxy groups -OCH3 is 1. The molecule has 2 aromatic heterocycles. The number of hydrogen-bond donors (Lipinski definition) is 0. The second-order valence-electron chi connectivity index (χ2n) is 8.17. The first-order valence-corrected chi connectivity index (χ1v) is 10.6. The zero-order valence-electron chi connectivity index (χ0n) is 17.7. The Morgan fingerprint density at radius 3 is 2.48 bits per heavy atom. The van der Waals surface area contributed by atoms with Crippen LogP contribution in [0.1, 0.15) is 34.8 Å². The summed E-state index contributed by atoms with van der Waals surface area (Å²) in [6, 6.07) is 9.33. The van der Waals surface area contributed by atoms with E-state index < -0.39 is 0 Å². The molecule has 3 heterocycles. The minimum atomic E-state index is -0.202. The van der Waals surface area contributed by atoms with Crippen LogP contribution in [0.5, 0.6) is 5.88 Å². The number of amides is 1. The normalized spacial score (nSPS) is 16.6. The minimum absolute atomic E-state index is 0.150. The number of anilines is 1. The van der Waals surface area contributed by atoms with Gasteiger partial charge >= 0.3 is 0 Å². The number of pyridine rings is 1. The van der Waals surface area contributed by atoms with Crippen LogP contribution in [0.4, 0.5) is 5.69 Å². The van der Waals surface area contributed by atoms with E-state index in [0.717, 1.165) is 5.69 Å². The van der Waals surface area contributed by atoms with Crippen molar-refractivity contribution in [2.45, 2.75) is 18.8 Å². The van der Waals surface area contributed by atoms with Gasteiger partial charge in [-0.3, -0.25) is 9.59 Å². The van der Waals surface area contributed by atoms with Crippen LogP contribution in [-0.4, -0.2) is 58.9 Å². The van der Waals surface area contributed by atoms with Crippen LogP contribution in [0, 0.1) is 0 Å². The van der Waals surface area contributed by atoms with Gasteiger partial charge in [0, 0.05) is 44.8 Å². The van der Waals surface area contributed by atoms with Crippen LogP contribution in [-0.2, 0) is 7.05 Å².